The average Bonchev–Trinajstić information content (AvgIpc) is 2.85. The van der Waals surface area contributed by atoms with Gasteiger partial charge in [0.05, 0.1) is 17.1 Å². The first-order chi connectivity index (χ1) is 10.7. The van der Waals surface area contributed by atoms with Gasteiger partial charge >= 0.3 is 0 Å². The molecule has 22 heavy (non-hydrogen) atoms. The van der Waals surface area contributed by atoms with Crippen molar-refractivity contribution in [3.05, 3.63) is 59.9 Å². The van der Waals surface area contributed by atoms with Gasteiger partial charge in [0.1, 0.15) is 18.2 Å². The largest absolute Gasteiger partial charge is 0.491 e. The number of aliphatic hydroxyl groups is 1. The van der Waals surface area contributed by atoms with Crippen LogP contribution >= 0.6 is 0 Å². The molecule has 3 rings (SSSR count). The zero-order chi connectivity index (χ0) is 15.5. The highest BCUT2D eigenvalue weighted by Gasteiger charge is 2.11. The minimum absolute atomic E-state index is 0.0815. The predicted molar refractivity (Wildman–Crippen MR) is 87.0 cm³/mol. The number of hydrogen-bond acceptors (Lipinski definition) is 3. The van der Waals surface area contributed by atoms with Crippen LogP contribution in [-0.4, -0.2) is 20.8 Å². The van der Waals surface area contributed by atoms with Gasteiger partial charge in [-0.15, -0.1) is 0 Å². The molecule has 0 saturated carbocycles. The van der Waals surface area contributed by atoms with Crippen LogP contribution in [0.25, 0.3) is 11.0 Å². The van der Waals surface area contributed by atoms with E-state index in [0.29, 0.717) is 12.4 Å². The van der Waals surface area contributed by atoms with Crippen molar-refractivity contribution in [1.82, 2.24) is 9.55 Å². The molecule has 0 unspecified atom stereocenters. The molecule has 4 nitrogen and oxygen atoms in total. The Morgan fingerprint density at radius 1 is 1.14 bits per heavy atom. The van der Waals surface area contributed by atoms with Gasteiger partial charge in [0.25, 0.3) is 0 Å². The molecule has 114 valence electrons. The van der Waals surface area contributed by atoms with Gasteiger partial charge in [-0.2, -0.15) is 0 Å². The van der Waals surface area contributed by atoms with Gasteiger partial charge in [-0.1, -0.05) is 30.3 Å². The highest BCUT2D eigenvalue weighted by Crippen LogP contribution is 2.23. The van der Waals surface area contributed by atoms with Gasteiger partial charge in [0, 0.05) is 12.6 Å². The van der Waals surface area contributed by atoms with Crippen LogP contribution in [0.2, 0.25) is 0 Å². The Morgan fingerprint density at radius 3 is 2.59 bits per heavy atom. The van der Waals surface area contributed by atoms with Crippen molar-refractivity contribution in [3.63, 3.8) is 0 Å². The molecule has 0 fully saturated rings. The van der Waals surface area contributed by atoms with E-state index in [1.807, 2.05) is 54.8 Å². The molecule has 0 aliphatic heterocycles. The number of ether oxygens (including phenoxy) is 1. The van der Waals surface area contributed by atoms with Gasteiger partial charge in [-0.3, -0.25) is 0 Å². The van der Waals surface area contributed by atoms with Crippen LogP contribution < -0.4 is 4.74 Å². The van der Waals surface area contributed by atoms with Crippen LogP contribution in [0.15, 0.2) is 48.5 Å². The number of benzene rings is 2. The van der Waals surface area contributed by atoms with Crippen LogP contribution in [0.3, 0.4) is 0 Å². The zero-order valence-electron chi connectivity index (χ0n) is 12.9. The van der Waals surface area contributed by atoms with E-state index in [-0.39, 0.29) is 12.7 Å². The van der Waals surface area contributed by atoms with E-state index in [0.717, 1.165) is 16.8 Å². The average molecular weight is 296 g/mol. The number of imidazole rings is 1. The minimum atomic E-state index is -0.0815. The Morgan fingerprint density at radius 2 is 1.91 bits per heavy atom. The lowest BCUT2D eigenvalue weighted by Gasteiger charge is -2.10. The lowest BCUT2D eigenvalue weighted by molar-refractivity contribution is 0.242. The molecule has 0 radical (unpaired) electrons. The van der Waals surface area contributed by atoms with Gasteiger partial charge in [0.15, 0.2) is 0 Å². The first-order valence-corrected chi connectivity index (χ1v) is 7.48. The summed E-state index contributed by atoms with van der Waals surface area (Å²) in [7, 11) is 0. The van der Waals surface area contributed by atoms with Crippen molar-refractivity contribution in [1.29, 1.82) is 0 Å². The summed E-state index contributed by atoms with van der Waals surface area (Å²) in [6, 6.07) is 16.1. The van der Waals surface area contributed by atoms with Crippen molar-refractivity contribution in [2.24, 2.45) is 0 Å². The van der Waals surface area contributed by atoms with Crippen molar-refractivity contribution >= 4 is 11.0 Å². The van der Waals surface area contributed by atoms with E-state index in [9.17, 15) is 5.11 Å². The molecule has 0 spiro atoms. The van der Waals surface area contributed by atoms with Gasteiger partial charge < -0.3 is 14.4 Å². The third kappa shape index (κ3) is 2.97. The second-order valence-corrected chi connectivity index (χ2v) is 5.58. The number of nitrogens with zero attached hydrogens (tertiary/aromatic N) is 2. The van der Waals surface area contributed by atoms with Gasteiger partial charge in [-0.05, 0) is 31.5 Å². The SMILES string of the molecule is CC(C)Oc1ccc2c(c1)nc(CO)n2Cc1ccccc1. The first kappa shape index (κ1) is 14.6. The fourth-order valence-corrected chi connectivity index (χ4v) is 2.57. The molecule has 2 aromatic carbocycles. The monoisotopic (exact) mass is 296 g/mol. The summed E-state index contributed by atoms with van der Waals surface area (Å²) in [5.41, 5.74) is 3.03. The van der Waals surface area contributed by atoms with Crippen LogP contribution in [0.5, 0.6) is 5.75 Å². The molecule has 1 aromatic heterocycles. The zero-order valence-corrected chi connectivity index (χ0v) is 12.9. The summed E-state index contributed by atoms with van der Waals surface area (Å²) in [6.45, 7) is 4.61. The minimum Gasteiger partial charge on any atom is -0.491 e. The maximum atomic E-state index is 9.60. The molecule has 3 aromatic rings. The quantitative estimate of drug-likeness (QED) is 0.785. The molecule has 1 N–H and O–H groups in total. The third-order valence-electron chi connectivity index (χ3n) is 3.50. The van der Waals surface area contributed by atoms with Crippen molar-refractivity contribution < 1.29 is 9.84 Å². The number of aromatic nitrogens is 2. The summed E-state index contributed by atoms with van der Waals surface area (Å²) < 4.78 is 7.76. The third-order valence-corrected chi connectivity index (χ3v) is 3.50. The lowest BCUT2D eigenvalue weighted by atomic mass is 10.2. The summed E-state index contributed by atoms with van der Waals surface area (Å²) in [5, 5.41) is 9.60. The van der Waals surface area contributed by atoms with E-state index in [4.69, 9.17) is 4.74 Å². The fourth-order valence-electron chi connectivity index (χ4n) is 2.57. The van der Waals surface area contributed by atoms with Gasteiger partial charge in [-0.25, -0.2) is 4.98 Å². The summed E-state index contributed by atoms with van der Waals surface area (Å²) in [6.07, 6.45) is 0.126. The number of aliphatic hydroxyl groups excluding tert-OH is 1. The molecule has 0 amide bonds. The molecule has 0 bridgehead atoms. The highest BCUT2D eigenvalue weighted by molar-refractivity contribution is 5.78. The second kappa shape index (κ2) is 6.20. The molecule has 4 heteroatoms. The van der Waals surface area contributed by atoms with E-state index in [1.165, 1.54) is 5.56 Å². The van der Waals surface area contributed by atoms with Crippen LogP contribution in [-0.2, 0) is 13.2 Å². The molecule has 0 aliphatic rings. The Hall–Kier alpha value is -2.33. The van der Waals surface area contributed by atoms with E-state index in [2.05, 4.69) is 17.1 Å². The first-order valence-electron chi connectivity index (χ1n) is 7.48. The topological polar surface area (TPSA) is 47.3 Å². The second-order valence-electron chi connectivity index (χ2n) is 5.58. The molecule has 0 atom stereocenters. The molecule has 0 aliphatic carbocycles. The number of rotatable bonds is 5. The summed E-state index contributed by atoms with van der Waals surface area (Å²) >= 11 is 0. The van der Waals surface area contributed by atoms with Crippen LogP contribution in [0, 0.1) is 0 Å². The molecule has 0 saturated heterocycles. The van der Waals surface area contributed by atoms with Crippen LogP contribution in [0.4, 0.5) is 0 Å². The molecular formula is C18H20N2O2. The lowest BCUT2D eigenvalue weighted by Crippen LogP contribution is -2.06. The van der Waals surface area contributed by atoms with E-state index in [1.54, 1.807) is 0 Å². The Balaban J connectivity index is 2.01. The normalized spacial score (nSPS) is 11.3. The molecule has 1 heterocycles. The Kier molecular flexibility index (Phi) is 4.11. The maximum Gasteiger partial charge on any atom is 0.136 e. The Bertz CT molecular complexity index is 763. The van der Waals surface area contributed by atoms with Crippen molar-refractivity contribution in [2.75, 3.05) is 0 Å². The van der Waals surface area contributed by atoms with E-state index < -0.39 is 0 Å². The van der Waals surface area contributed by atoms with Crippen molar-refractivity contribution in [2.45, 2.75) is 33.1 Å². The summed E-state index contributed by atoms with van der Waals surface area (Å²) in [4.78, 5) is 4.53. The molecular weight excluding hydrogens is 276 g/mol. The number of fused-ring (bicyclic) bond motifs is 1. The number of hydrogen-bond donors (Lipinski definition) is 1. The Labute approximate surface area is 130 Å². The summed E-state index contributed by atoms with van der Waals surface area (Å²) in [5.74, 6) is 1.47. The maximum absolute atomic E-state index is 9.60. The smallest absolute Gasteiger partial charge is 0.136 e. The van der Waals surface area contributed by atoms with Crippen LogP contribution in [0.1, 0.15) is 25.2 Å². The van der Waals surface area contributed by atoms with Crippen molar-refractivity contribution in [3.8, 4) is 5.75 Å². The predicted octanol–water partition coefficient (Wildman–Crippen LogP) is 3.36. The highest BCUT2D eigenvalue weighted by atomic mass is 16.5. The fraction of sp³-hybridized carbons (Fsp3) is 0.278. The van der Waals surface area contributed by atoms with Gasteiger partial charge in [0.2, 0.25) is 0 Å². The van der Waals surface area contributed by atoms with E-state index >= 15 is 0 Å². The standard InChI is InChI=1S/C18H20N2O2/c1-13(2)22-15-8-9-17-16(10-15)19-18(12-21)20(17)11-14-6-4-3-5-7-14/h3-10,13,21H,11-12H2,1-2H3.